The lowest BCUT2D eigenvalue weighted by Crippen LogP contribution is -2.49. The van der Waals surface area contributed by atoms with Gasteiger partial charge in [0, 0.05) is 73.7 Å². The number of hydrazine groups is 2. The molecule has 0 radical (unpaired) electrons. The first kappa shape index (κ1) is 83.9. The number of nitrogens with zero attached hydrogens (tertiary/aromatic N) is 4. The molecule has 0 saturated carbocycles. The van der Waals surface area contributed by atoms with E-state index in [0.717, 1.165) is 72.2 Å². The number of isocyanates is 1. The number of halogens is 2. The molecular weight excluding hydrogens is 1280 g/mol. The average Bonchev–Trinajstić information content (AvgIpc) is 4.23. The van der Waals surface area contributed by atoms with Gasteiger partial charge < -0.3 is 5.43 Å². The fourth-order valence-corrected chi connectivity index (χ4v) is 6.94. The third-order valence-corrected chi connectivity index (χ3v) is 10.9. The van der Waals surface area contributed by atoms with Gasteiger partial charge in [0.1, 0.15) is 0 Å². The van der Waals surface area contributed by atoms with Crippen LogP contribution in [-0.4, -0.2) is 52.8 Å². The number of hydrogen-bond acceptors (Lipinski definition) is 9. The molecule has 0 spiro atoms. The smallest absolute Gasteiger partial charge is 0.322 e. The van der Waals surface area contributed by atoms with Gasteiger partial charge in [-0.15, -0.1) is 10.1 Å². The minimum absolute atomic E-state index is 0.217. The lowest BCUT2D eigenvalue weighted by molar-refractivity contribution is 0.0963. The maximum absolute atomic E-state index is 12.4. The monoisotopic (exact) mass is 1380 g/mol. The topological polar surface area (TPSA) is 183 Å². The summed E-state index contributed by atoms with van der Waals surface area (Å²) in [7, 11) is 3.50. The summed E-state index contributed by atoms with van der Waals surface area (Å²) in [5, 5.41) is 8.19. The molecule has 0 atom stereocenters. The molecule has 0 aliphatic heterocycles. The first-order valence-electron chi connectivity index (χ1n) is 29.7. The van der Waals surface area contributed by atoms with Gasteiger partial charge in [0.2, 0.25) is 6.08 Å². The summed E-state index contributed by atoms with van der Waals surface area (Å²) in [5.74, 6) is -0.352. The van der Waals surface area contributed by atoms with E-state index in [4.69, 9.17) is 0 Å². The number of aryl methyl sites for hydroxylation is 6. The van der Waals surface area contributed by atoms with Crippen LogP contribution in [0.4, 0.5) is 16.2 Å². The fraction of sp³-hybridized carbons (Fsp3) is 0.382. The Morgan fingerprint density at radius 1 is 0.548 bits per heavy atom. The van der Waals surface area contributed by atoms with Crippen molar-refractivity contribution >= 4 is 72.5 Å². The predicted molar refractivity (Wildman–Crippen MR) is 377 cm³/mol. The van der Waals surface area contributed by atoms with Gasteiger partial charge in [-0.1, -0.05) is 203 Å². The highest BCUT2D eigenvalue weighted by Gasteiger charge is 2.18. The Kier molecular flexibility index (Phi) is 55.5. The number of aromatic nitrogens is 3. The standard InChI is InChI=1S/C19H23N3O2.C18H19N3O.C10H9NO2.C9H14N2.6C2H6.I2/c1-4-14-8-6-10-16(12-14)18(23)21-19(24)22(20-3)17-11-7-9-15(5-2)13-17;1-3-13-7-5-9-15(11-13)17-19-18(22)21(20-17)16-10-6-8-14(4-2)12-16;1-2-8-4-3-5-9(6-8)10(13)11-7-12;1-3-8-5-4-6-9(7-8)11-10-2;7*1-2/h6-13,20H,4-5H2,1-3H3,(H,21,23,24);5-12H,3-4H2,1-2H3,(H,19,20,22);3-6H,2H2,1H3;4-7,10-11H,3H2,1-2H3;6*1-2H3;. The van der Waals surface area contributed by atoms with Crippen LogP contribution in [0.3, 0.4) is 0 Å². The van der Waals surface area contributed by atoms with E-state index < -0.39 is 17.8 Å². The molecule has 16 heteroatoms. The second kappa shape index (κ2) is 55.6. The molecule has 0 saturated heterocycles. The molecule has 0 aliphatic carbocycles. The molecule has 1 heterocycles. The number of carbonyl (C=O) groups is 3. The number of imide groups is 1. The highest BCUT2D eigenvalue weighted by atomic mass is 128. The fourth-order valence-electron chi connectivity index (χ4n) is 6.94. The Labute approximate surface area is 529 Å². The summed E-state index contributed by atoms with van der Waals surface area (Å²) in [5.41, 5.74) is 19.9. The number of urea groups is 1. The quantitative estimate of drug-likeness (QED) is 0.0306. The second-order valence-electron chi connectivity index (χ2n) is 15.7. The number of anilines is 2. The number of aliphatic imine (C=N–C) groups is 1. The molecule has 462 valence electrons. The molecule has 1 aromatic heterocycles. The summed E-state index contributed by atoms with van der Waals surface area (Å²) in [4.78, 5) is 63.8. The largest absolute Gasteiger partial charge is 0.348 e. The number of H-pyrrole nitrogens is 1. The number of carbonyl (C=O) groups excluding carboxylic acids is 4. The van der Waals surface area contributed by atoms with Gasteiger partial charge in [-0.05, 0) is 139 Å². The normalized spacial score (nSPS) is 8.93. The van der Waals surface area contributed by atoms with E-state index in [9.17, 15) is 24.0 Å². The van der Waals surface area contributed by atoms with Crippen LogP contribution < -0.4 is 32.3 Å². The van der Waals surface area contributed by atoms with Crippen LogP contribution in [0.5, 0.6) is 0 Å². The van der Waals surface area contributed by atoms with Crippen molar-refractivity contribution in [2.24, 2.45) is 4.99 Å². The molecule has 4 amide bonds. The zero-order valence-electron chi connectivity index (χ0n) is 54.2. The van der Waals surface area contributed by atoms with Crippen LogP contribution in [0, 0.1) is 0 Å². The molecule has 0 fully saturated rings. The summed E-state index contributed by atoms with van der Waals surface area (Å²) < 4.78 is 1.42. The lowest BCUT2D eigenvalue weighted by Gasteiger charge is -2.22. The summed E-state index contributed by atoms with van der Waals surface area (Å²) in [6.07, 6.45) is 6.75. The molecule has 14 nitrogen and oxygen atoms in total. The van der Waals surface area contributed by atoms with Crippen LogP contribution >= 0.6 is 37.2 Å². The van der Waals surface area contributed by atoms with Gasteiger partial charge in [0.05, 0.1) is 11.4 Å². The van der Waals surface area contributed by atoms with E-state index in [2.05, 4.69) is 125 Å². The van der Waals surface area contributed by atoms with E-state index in [-0.39, 0.29) is 5.69 Å². The Bertz CT molecular complexity index is 2920. The number of amides is 4. The predicted octanol–water partition coefficient (Wildman–Crippen LogP) is 18.1. The molecule has 0 unspecified atom stereocenters. The third-order valence-electron chi connectivity index (χ3n) is 10.9. The van der Waals surface area contributed by atoms with Gasteiger partial charge in [0.15, 0.2) is 5.82 Å². The Hall–Kier alpha value is -6.57. The number of benzene rings is 6. The van der Waals surface area contributed by atoms with Gasteiger partial charge in [0.25, 0.3) is 11.8 Å². The van der Waals surface area contributed by atoms with Crippen molar-refractivity contribution in [2.75, 3.05) is 24.5 Å². The molecule has 0 bridgehead atoms. The van der Waals surface area contributed by atoms with Gasteiger partial charge in [-0.25, -0.2) is 30.2 Å². The van der Waals surface area contributed by atoms with Crippen LogP contribution in [0.1, 0.15) is 179 Å². The van der Waals surface area contributed by atoms with Crippen molar-refractivity contribution in [3.8, 4) is 17.1 Å². The number of aromatic amines is 1. The molecule has 7 rings (SSSR count). The Morgan fingerprint density at radius 2 is 0.964 bits per heavy atom. The number of hydrogen-bond donors (Lipinski definition) is 5. The zero-order valence-corrected chi connectivity index (χ0v) is 58.5. The van der Waals surface area contributed by atoms with Crippen LogP contribution in [-0.2, 0) is 43.3 Å². The second-order valence-corrected chi connectivity index (χ2v) is 15.7. The minimum atomic E-state index is -0.537. The van der Waals surface area contributed by atoms with Crippen LogP contribution in [0.2, 0.25) is 0 Å². The molecule has 5 N–H and O–H groups in total. The maximum atomic E-state index is 12.4. The Balaban J connectivity index is -0.000000489. The van der Waals surface area contributed by atoms with Crippen LogP contribution in [0.25, 0.3) is 17.1 Å². The van der Waals surface area contributed by atoms with Crippen molar-refractivity contribution < 1.29 is 19.2 Å². The van der Waals surface area contributed by atoms with E-state index in [0.29, 0.717) is 22.6 Å². The molecule has 6 aromatic carbocycles. The summed E-state index contributed by atoms with van der Waals surface area (Å²) in [6.45, 7) is 36.4. The Morgan fingerprint density at radius 3 is 1.45 bits per heavy atom. The van der Waals surface area contributed by atoms with Crippen LogP contribution in [0.15, 0.2) is 155 Å². The lowest BCUT2D eigenvalue weighted by atomic mass is 10.1. The van der Waals surface area contributed by atoms with E-state index in [1.807, 2.05) is 196 Å². The zero-order chi connectivity index (χ0) is 64.8. The molecule has 0 aliphatic rings. The molecule has 7 aromatic rings. The maximum Gasteiger partial charge on any atom is 0.348 e. The molecular formula is C68H101I2N9O5. The highest BCUT2D eigenvalue weighted by molar-refractivity contribution is 15.0. The third kappa shape index (κ3) is 32.5. The van der Waals surface area contributed by atoms with E-state index >= 15 is 0 Å². The van der Waals surface area contributed by atoms with Crippen molar-refractivity contribution in [1.29, 1.82) is 0 Å². The first-order chi connectivity index (χ1) is 40.9. The number of nitrogens with one attached hydrogen (secondary N) is 5. The SMILES string of the molecule is CC.CC.CC.CC.CC.CC.CCc1cccc(-c2nn(-c3cccc(CC)c3)c(=O)[nH]2)c1.CCc1cccc(C(=O)N=C=O)c1.CCc1cccc(C(=O)NC(=O)N(NC)c2cccc(CC)c2)c1.CCc1cccc(NNC)c1.II. The van der Waals surface area contributed by atoms with Crippen molar-refractivity contribution in [3.63, 3.8) is 0 Å². The minimum Gasteiger partial charge on any atom is -0.322 e. The van der Waals surface area contributed by atoms with E-state index in [1.54, 1.807) is 37.4 Å². The average molecular weight is 1380 g/mol. The van der Waals surface area contributed by atoms with Gasteiger partial charge in [-0.2, -0.15) is 4.68 Å². The highest BCUT2D eigenvalue weighted by Crippen LogP contribution is 2.18. The van der Waals surface area contributed by atoms with Crippen molar-refractivity contribution in [1.82, 2.24) is 30.9 Å². The molecule has 84 heavy (non-hydrogen) atoms. The summed E-state index contributed by atoms with van der Waals surface area (Å²) in [6, 6.07) is 45.7. The van der Waals surface area contributed by atoms with Gasteiger partial charge >= 0.3 is 11.7 Å². The van der Waals surface area contributed by atoms with Gasteiger partial charge in [-0.3, -0.25) is 19.9 Å². The van der Waals surface area contributed by atoms with E-state index in [1.165, 1.54) is 32.5 Å². The summed E-state index contributed by atoms with van der Waals surface area (Å²) >= 11 is 4.24. The number of rotatable bonds is 14. The van der Waals surface area contributed by atoms with Crippen molar-refractivity contribution in [3.05, 3.63) is 201 Å². The van der Waals surface area contributed by atoms with Crippen molar-refractivity contribution in [2.45, 2.75) is 163 Å². The first-order valence-corrected chi connectivity index (χ1v) is 36.0.